The third kappa shape index (κ3) is 2.87. The van der Waals surface area contributed by atoms with Gasteiger partial charge in [0.2, 0.25) is 0 Å². The van der Waals surface area contributed by atoms with E-state index in [4.69, 9.17) is 0 Å². The van der Waals surface area contributed by atoms with Gasteiger partial charge in [-0.3, -0.25) is 14.0 Å². The average molecular weight is 353 g/mol. The topological polar surface area (TPSA) is 63.5 Å². The van der Waals surface area contributed by atoms with E-state index >= 15 is 0 Å². The summed E-state index contributed by atoms with van der Waals surface area (Å²) in [4.78, 5) is 31.8. The molecule has 0 aliphatic heterocycles. The van der Waals surface area contributed by atoms with Crippen LogP contribution in [0.4, 0.5) is 0 Å². The maximum atomic E-state index is 12.9. The Bertz CT molecular complexity index is 991. The molecule has 2 heterocycles. The highest BCUT2D eigenvalue weighted by Crippen LogP contribution is 2.28. The van der Waals surface area contributed by atoms with Gasteiger partial charge in [-0.2, -0.15) is 0 Å². The number of nitrogens with zero attached hydrogens (tertiary/aromatic N) is 2. The first kappa shape index (κ1) is 16.0. The highest BCUT2D eigenvalue weighted by atomic mass is 32.1. The van der Waals surface area contributed by atoms with Gasteiger partial charge in [0, 0.05) is 16.8 Å². The second kappa shape index (κ2) is 6.44. The van der Waals surface area contributed by atoms with Gasteiger partial charge in [-0.25, -0.2) is 4.98 Å². The number of amides is 1. The van der Waals surface area contributed by atoms with Crippen LogP contribution in [0.5, 0.6) is 0 Å². The first-order chi connectivity index (χ1) is 12.1. The second-order valence-electron chi connectivity index (χ2n) is 6.38. The fourth-order valence-corrected chi connectivity index (χ4v) is 4.49. The highest BCUT2D eigenvalue weighted by Gasteiger charge is 2.22. The largest absolute Gasteiger partial charge is 0.345 e. The highest BCUT2D eigenvalue weighted by molar-refractivity contribution is 7.17. The molecule has 0 saturated carbocycles. The van der Waals surface area contributed by atoms with E-state index in [9.17, 15) is 9.59 Å². The standard InChI is InChI=1S/C19H19N3O2S/c1-12(13-7-3-2-4-8-13)21-17(23)14-11-20-19-22(18(14)24)15-9-5-6-10-16(15)25-19/h2-4,7-8,11-12H,5-6,9-10H2,1H3,(H,21,23). The Kier molecular flexibility index (Phi) is 4.13. The molecule has 1 aliphatic carbocycles. The van der Waals surface area contributed by atoms with Crippen molar-refractivity contribution in [2.45, 2.75) is 38.6 Å². The molecular formula is C19H19N3O2S. The molecule has 1 unspecified atom stereocenters. The summed E-state index contributed by atoms with van der Waals surface area (Å²) in [6, 6.07) is 9.52. The van der Waals surface area contributed by atoms with Gasteiger partial charge in [0.25, 0.3) is 11.5 Å². The molecule has 4 rings (SSSR count). The van der Waals surface area contributed by atoms with E-state index < -0.39 is 0 Å². The number of rotatable bonds is 3. The monoisotopic (exact) mass is 353 g/mol. The van der Waals surface area contributed by atoms with Crippen LogP contribution in [0.15, 0.2) is 41.3 Å². The first-order valence-electron chi connectivity index (χ1n) is 8.53. The molecule has 5 nitrogen and oxygen atoms in total. The Morgan fingerprint density at radius 1 is 1.24 bits per heavy atom. The Balaban J connectivity index is 1.68. The van der Waals surface area contributed by atoms with Crippen LogP contribution < -0.4 is 10.9 Å². The Morgan fingerprint density at radius 3 is 2.80 bits per heavy atom. The van der Waals surface area contributed by atoms with Crippen LogP contribution in [-0.2, 0) is 12.8 Å². The number of fused-ring (bicyclic) bond motifs is 3. The second-order valence-corrected chi connectivity index (χ2v) is 7.44. The number of aryl methyl sites for hydroxylation is 2. The number of carbonyl (C=O) groups excluding carboxylic acids is 1. The van der Waals surface area contributed by atoms with Crippen molar-refractivity contribution >= 4 is 22.2 Å². The summed E-state index contributed by atoms with van der Waals surface area (Å²) in [6.45, 7) is 1.91. The summed E-state index contributed by atoms with van der Waals surface area (Å²) >= 11 is 1.57. The minimum Gasteiger partial charge on any atom is -0.345 e. The molecule has 0 fully saturated rings. The van der Waals surface area contributed by atoms with Crippen LogP contribution in [0.25, 0.3) is 4.96 Å². The lowest BCUT2D eigenvalue weighted by atomic mass is 10.0. The van der Waals surface area contributed by atoms with Crippen molar-refractivity contribution in [1.29, 1.82) is 0 Å². The smallest absolute Gasteiger partial charge is 0.271 e. The summed E-state index contributed by atoms with van der Waals surface area (Å²) in [5.41, 5.74) is 1.88. The molecule has 3 aromatic rings. The number of nitrogens with one attached hydrogen (secondary N) is 1. The maximum absolute atomic E-state index is 12.9. The van der Waals surface area contributed by atoms with E-state index in [1.807, 2.05) is 37.3 Å². The van der Waals surface area contributed by atoms with Crippen molar-refractivity contribution in [1.82, 2.24) is 14.7 Å². The van der Waals surface area contributed by atoms with E-state index in [-0.39, 0.29) is 23.1 Å². The molecule has 1 atom stereocenters. The fraction of sp³-hybridized carbons (Fsp3) is 0.316. The number of hydrogen-bond acceptors (Lipinski definition) is 4. The summed E-state index contributed by atoms with van der Waals surface area (Å²) < 4.78 is 1.64. The Morgan fingerprint density at radius 2 is 2.00 bits per heavy atom. The van der Waals surface area contributed by atoms with Crippen molar-refractivity contribution in [2.75, 3.05) is 0 Å². The Labute approximate surface area is 149 Å². The minimum absolute atomic E-state index is 0.103. The molecule has 0 saturated heterocycles. The average Bonchev–Trinajstić information content (AvgIpc) is 3.02. The van der Waals surface area contributed by atoms with E-state index in [0.29, 0.717) is 4.96 Å². The van der Waals surface area contributed by atoms with Gasteiger partial charge >= 0.3 is 0 Å². The van der Waals surface area contributed by atoms with Crippen molar-refractivity contribution in [3.05, 3.63) is 68.6 Å². The molecule has 1 amide bonds. The molecule has 2 aromatic heterocycles. The van der Waals surface area contributed by atoms with Crippen LogP contribution in [0.2, 0.25) is 0 Å². The Hall–Kier alpha value is -2.47. The van der Waals surface area contributed by atoms with Gasteiger partial charge in [0.05, 0.1) is 6.04 Å². The zero-order chi connectivity index (χ0) is 17.4. The molecule has 0 spiro atoms. The number of carbonyl (C=O) groups is 1. The number of thiazole rings is 1. The van der Waals surface area contributed by atoms with Crippen molar-refractivity contribution < 1.29 is 4.79 Å². The SMILES string of the molecule is CC(NC(=O)c1cnc2sc3c(n2c1=O)CCCC3)c1ccccc1. The normalized spacial score (nSPS) is 14.9. The number of aromatic nitrogens is 2. The van der Waals surface area contributed by atoms with Crippen LogP contribution in [-0.4, -0.2) is 15.3 Å². The van der Waals surface area contributed by atoms with Gasteiger partial charge in [0.15, 0.2) is 4.96 Å². The lowest BCUT2D eigenvalue weighted by Gasteiger charge is -2.14. The lowest BCUT2D eigenvalue weighted by Crippen LogP contribution is -2.33. The van der Waals surface area contributed by atoms with E-state index in [0.717, 1.165) is 36.9 Å². The van der Waals surface area contributed by atoms with Crippen LogP contribution in [0.3, 0.4) is 0 Å². The first-order valence-corrected chi connectivity index (χ1v) is 9.35. The molecule has 1 N–H and O–H groups in total. The van der Waals surface area contributed by atoms with Crippen molar-refractivity contribution in [2.24, 2.45) is 0 Å². The predicted molar refractivity (Wildman–Crippen MR) is 98.3 cm³/mol. The van der Waals surface area contributed by atoms with Crippen molar-refractivity contribution in [3.63, 3.8) is 0 Å². The molecule has 6 heteroatoms. The zero-order valence-corrected chi connectivity index (χ0v) is 14.8. The summed E-state index contributed by atoms with van der Waals surface area (Å²) in [6.07, 6.45) is 5.51. The molecule has 128 valence electrons. The van der Waals surface area contributed by atoms with Gasteiger partial charge < -0.3 is 5.32 Å². The molecular weight excluding hydrogens is 334 g/mol. The van der Waals surface area contributed by atoms with Crippen LogP contribution >= 0.6 is 11.3 Å². The third-order valence-electron chi connectivity index (χ3n) is 4.69. The van der Waals surface area contributed by atoms with E-state index in [2.05, 4.69) is 10.3 Å². The third-order valence-corrected chi connectivity index (χ3v) is 5.85. The van der Waals surface area contributed by atoms with Gasteiger partial charge in [-0.15, -0.1) is 11.3 Å². The van der Waals surface area contributed by atoms with E-state index in [1.54, 1.807) is 15.7 Å². The molecule has 1 aromatic carbocycles. The fourth-order valence-electron chi connectivity index (χ4n) is 3.32. The minimum atomic E-state index is -0.376. The molecule has 0 bridgehead atoms. The van der Waals surface area contributed by atoms with Gasteiger partial charge in [-0.1, -0.05) is 30.3 Å². The maximum Gasteiger partial charge on any atom is 0.271 e. The van der Waals surface area contributed by atoms with Gasteiger partial charge in [0.1, 0.15) is 5.56 Å². The number of benzene rings is 1. The molecule has 0 radical (unpaired) electrons. The van der Waals surface area contributed by atoms with E-state index in [1.165, 1.54) is 11.1 Å². The van der Waals surface area contributed by atoms with Gasteiger partial charge in [-0.05, 0) is 38.2 Å². The summed E-state index contributed by atoms with van der Waals surface area (Å²) in [5, 5.41) is 2.90. The zero-order valence-electron chi connectivity index (χ0n) is 14.0. The summed E-state index contributed by atoms with van der Waals surface area (Å²) in [5.74, 6) is -0.376. The quantitative estimate of drug-likeness (QED) is 0.787. The number of hydrogen-bond donors (Lipinski definition) is 1. The lowest BCUT2D eigenvalue weighted by molar-refractivity contribution is 0.0938. The van der Waals surface area contributed by atoms with Crippen LogP contribution in [0.1, 0.15) is 52.3 Å². The van der Waals surface area contributed by atoms with Crippen molar-refractivity contribution in [3.8, 4) is 0 Å². The van der Waals surface area contributed by atoms with Crippen LogP contribution in [0, 0.1) is 0 Å². The summed E-state index contributed by atoms with van der Waals surface area (Å²) in [7, 11) is 0. The molecule has 25 heavy (non-hydrogen) atoms. The molecule has 1 aliphatic rings. The predicted octanol–water partition coefficient (Wildman–Crippen LogP) is 3.13.